The van der Waals surface area contributed by atoms with E-state index in [1.807, 2.05) is 26.0 Å². The van der Waals surface area contributed by atoms with Crippen molar-refractivity contribution in [3.63, 3.8) is 0 Å². The van der Waals surface area contributed by atoms with Crippen molar-refractivity contribution in [1.29, 1.82) is 0 Å². The van der Waals surface area contributed by atoms with Crippen molar-refractivity contribution >= 4 is 27.8 Å². The molecule has 0 saturated heterocycles. The first-order valence-corrected chi connectivity index (χ1v) is 6.91. The number of methoxy groups -OCH3 is 1. The first-order chi connectivity index (χ1) is 8.99. The highest BCUT2D eigenvalue weighted by Crippen LogP contribution is 2.18. The van der Waals surface area contributed by atoms with E-state index in [9.17, 15) is 9.59 Å². The summed E-state index contributed by atoms with van der Waals surface area (Å²) in [5, 5.41) is 0. The molecule has 0 aliphatic carbocycles. The molecule has 0 unspecified atom stereocenters. The third kappa shape index (κ3) is 4.35. The second-order valence-electron chi connectivity index (χ2n) is 4.17. The molecule has 0 N–H and O–H groups in total. The van der Waals surface area contributed by atoms with Gasteiger partial charge in [-0.15, -0.1) is 0 Å². The molecule has 104 valence electrons. The van der Waals surface area contributed by atoms with Gasteiger partial charge in [-0.3, -0.25) is 9.59 Å². The van der Waals surface area contributed by atoms with Gasteiger partial charge in [0.05, 0.1) is 13.5 Å². The highest BCUT2D eigenvalue weighted by atomic mass is 79.9. The lowest BCUT2D eigenvalue weighted by atomic mass is 10.1. The van der Waals surface area contributed by atoms with Gasteiger partial charge in [0.1, 0.15) is 0 Å². The molecule has 0 aromatic heterocycles. The summed E-state index contributed by atoms with van der Waals surface area (Å²) >= 11 is 3.36. The van der Waals surface area contributed by atoms with E-state index in [4.69, 9.17) is 0 Å². The Labute approximate surface area is 121 Å². The van der Waals surface area contributed by atoms with Gasteiger partial charge in [-0.1, -0.05) is 22.0 Å². The predicted molar refractivity (Wildman–Crippen MR) is 77.1 cm³/mol. The molecule has 0 atom stereocenters. The Kier molecular flexibility index (Phi) is 6.02. The average Bonchev–Trinajstić information content (AvgIpc) is 2.41. The van der Waals surface area contributed by atoms with Crippen LogP contribution in [-0.2, 0) is 9.53 Å². The molecule has 4 nitrogen and oxygen atoms in total. The van der Waals surface area contributed by atoms with Gasteiger partial charge >= 0.3 is 5.97 Å². The largest absolute Gasteiger partial charge is 0.469 e. The maximum Gasteiger partial charge on any atom is 0.307 e. The number of hydrogen-bond acceptors (Lipinski definition) is 3. The monoisotopic (exact) mass is 327 g/mol. The minimum Gasteiger partial charge on any atom is -0.469 e. The van der Waals surface area contributed by atoms with Crippen LogP contribution in [0.4, 0.5) is 0 Å². The molecule has 1 aromatic carbocycles. The summed E-state index contributed by atoms with van der Waals surface area (Å²) in [6.45, 7) is 4.71. The quantitative estimate of drug-likeness (QED) is 0.781. The number of benzene rings is 1. The molecule has 0 fully saturated rings. The summed E-state index contributed by atoms with van der Waals surface area (Å²) in [6, 6.07) is 5.60. The molecule has 0 heterocycles. The van der Waals surface area contributed by atoms with Gasteiger partial charge < -0.3 is 9.64 Å². The third-order valence-electron chi connectivity index (χ3n) is 2.91. The number of ether oxygens (including phenoxy) is 1. The molecule has 0 radical (unpaired) electrons. The number of rotatable bonds is 5. The van der Waals surface area contributed by atoms with Gasteiger partial charge in [-0.05, 0) is 31.5 Å². The van der Waals surface area contributed by atoms with Crippen molar-refractivity contribution in [2.75, 3.05) is 20.2 Å². The van der Waals surface area contributed by atoms with E-state index in [1.54, 1.807) is 11.0 Å². The Morgan fingerprint density at radius 1 is 1.37 bits per heavy atom. The van der Waals surface area contributed by atoms with Crippen LogP contribution in [-0.4, -0.2) is 37.0 Å². The first kappa shape index (κ1) is 15.7. The van der Waals surface area contributed by atoms with Gasteiger partial charge in [-0.2, -0.15) is 0 Å². The highest BCUT2D eigenvalue weighted by Gasteiger charge is 2.17. The van der Waals surface area contributed by atoms with Gasteiger partial charge in [-0.25, -0.2) is 0 Å². The van der Waals surface area contributed by atoms with Gasteiger partial charge in [0.25, 0.3) is 5.91 Å². The van der Waals surface area contributed by atoms with Crippen LogP contribution in [0.2, 0.25) is 0 Å². The number of hydrogen-bond donors (Lipinski definition) is 0. The number of esters is 1. The number of aryl methyl sites for hydroxylation is 1. The maximum absolute atomic E-state index is 12.4. The summed E-state index contributed by atoms with van der Waals surface area (Å²) in [5.41, 5.74) is 1.57. The van der Waals surface area contributed by atoms with Crippen molar-refractivity contribution in [1.82, 2.24) is 4.90 Å². The van der Waals surface area contributed by atoms with Gasteiger partial charge in [0.15, 0.2) is 0 Å². The Morgan fingerprint density at radius 2 is 2.05 bits per heavy atom. The minimum atomic E-state index is -0.308. The second-order valence-corrected chi connectivity index (χ2v) is 5.09. The maximum atomic E-state index is 12.4. The van der Waals surface area contributed by atoms with Crippen molar-refractivity contribution in [2.45, 2.75) is 20.3 Å². The highest BCUT2D eigenvalue weighted by molar-refractivity contribution is 9.10. The summed E-state index contributed by atoms with van der Waals surface area (Å²) in [5.74, 6) is -0.373. The molecular weight excluding hydrogens is 310 g/mol. The first-order valence-electron chi connectivity index (χ1n) is 6.11. The molecular formula is C14H18BrNO3. The lowest BCUT2D eigenvalue weighted by molar-refractivity contribution is -0.140. The average molecular weight is 328 g/mol. The van der Waals surface area contributed by atoms with Gasteiger partial charge in [0, 0.05) is 23.1 Å². The molecule has 0 spiro atoms. The standard InChI is InChI=1S/C14H18BrNO3/c1-4-16(8-7-13(17)19-3)14(18)12-9-11(15)6-5-10(12)2/h5-6,9H,4,7-8H2,1-3H3. The minimum absolute atomic E-state index is 0.0646. The Morgan fingerprint density at radius 3 is 2.63 bits per heavy atom. The van der Waals surface area contributed by atoms with Crippen LogP contribution in [0.5, 0.6) is 0 Å². The SMILES string of the molecule is CCN(CCC(=O)OC)C(=O)c1cc(Br)ccc1C. The molecule has 0 saturated carbocycles. The van der Waals surface area contributed by atoms with E-state index < -0.39 is 0 Å². The van der Waals surface area contributed by atoms with Crippen LogP contribution >= 0.6 is 15.9 Å². The van der Waals surface area contributed by atoms with Crippen molar-refractivity contribution in [3.8, 4) is 0 Å². The van der Waals surface area contributed by atoms with Crippen molar-refractivity contribution in [3.05, 3.63) is 33.8 Å². The number of carbonyl (C=O) groups is 2. The van der Waals surface area contributed by atoms with Crippen molar-refractivity contribution in [2.24, 2.45) is 0 Å². The predicted octanol–water partition coefficient (Wildman–Crippen LogP) is 2.78. The lowest BCUT2D eigenvalue weighted by Gasteiger charge is -2.21. The zero-order valence-electron chi connectivity index (χ0n) is 11.4. The van der Waals surface area contributed by atoms with Crippen molar-refractivity contribution < 1.29 is 14.3 Å². The smallest absolute Gasteiger partial charge is 0.307 e. The molecule has 0 aliphatic heterocycles. The zero-order valence-corrected chi connectivity index (χ0v) is 13.0. The molecule has 1 amide bonds. The number of amides is 1. The van der Waals surface area contributed by atoms with E-state index in [-0.39, 0.29) is 18.3 Å². The summed E-state index contributed by atoms with van der Waals surface area (Å²) in [6.07, 6.45) is 0.211. The van der Waals surface area contributed by atoms with E-state index in [2.05, 4.69) is 20.7 Å². The fraction of sp³-hybridized carbons (Fsp3) is 0.429. The van der Waals surface area contributed by atoms with Crippen LogP contribution in [0.1, 0.15) is 29.3 Å². The van der Waals surface area contributed by atoms with Crippen LogP contribution < -0.4 is 0 Å². The lowest BCUT2D eigenvalue weighted by Crippen LogP contribution is -2.33. The van der Waals surface area contributed by atoms with E-state index in [0.717, 1.165) is 10.0 Å². The fourth-order valence-electron chi connectivity index (χ4n) is 1.73. The molecule has 0 aliphatic rings. The van der Waals surface area contributed by atoms with Gasteiger partial charge in [0.2, 0.25) is 0 Å². The molecule has 1 aromatic rings. The molecule has 1 rings (SSSR count). The number of nitrogens with zero attached hydrogens (tertiary/aromatic N) is 1. The summed E-state index contributed by atoms with van der Waals surface area (Å²) in [7, 11) is 1.35. The van der Waals surface area contributed by atoms with E-state index in [0.29, 0.717) is 18.7 Å². The second kappa shape index (κ2) is 7.28. The number of halogens is 1. The topological polar surface area (TPSA) is 46.6 Å². The van der Waals surface area contributed by atoms with Crippen LogP contribution in [0.25, 0.3) is 0 Å². The Bertz CT molecular complexity index is 474. The van der Waals surface area contributed by atoms with Crippen LogP contribution in [0, 0.1) is 6.92 Å². The Balaban J connectivity index is 2.83. The van der Waals surface area contributed by atoms with Crippen LogP contribution in [0.3, 0.4) is 0 Å². The van der Waals surface area contributed by atoms with E-state index >= 15 is 0 Å². The zero-order chi connectivity index (χ0) is 14.4. The summed E-state index contributed by atoms with van der Waals surface area (Å²) < 4.78 is 5.46. The molecule has 19 heavy (non-hydrogen) atoms. The van der Waals surface area contributed by atoms with E-state index in [1.165, 1.54) is 7.11 Å². The fourth-order valence-corrected chi connectivity index (χ4v) is 2.09. The Hall–Kier alpha value is -1.36. The summed E-state index contributed by atoms with van der Waals surface area (Å²) in [4.78, 5) is 25.2. The van der Waals surface area contributed by atoms with Crippen LogP contribution in [0.15, 0.2) is 22.7 Å². The molecule has 5 heteroatoms. The third-order valence-corrected chi connectivity index (χ3v) is 3.41. The number of carbonyl (C=O) groups excluding carboxylic acids is 2. The molecule has 0 bridgehead atoms. The normalized spacial score (nSPS) is 10.1.